The normalized spacial score (nSPS) is 17.4. The van der Waals surface area contributed by atoms with Crippen molar-refractivity contribution in [1.82, 2.24) is 0 Å². The molecule has 1 heterocycles. The highest BCUT2D eigenvalue weighted by atomic mass is 16.7. The average Bonchev–Trinajstić information content (AvgIpc) is 2.47. The Hall–Kier alpha value is -2.04. The van der Waals surface area contributed by atoms with Crippen LogP contribution in [0.25, 0.3) is 0 Å². The Labute approximate surface area is 130 Å². The predicted molar refractivity (Wildman–Crippen MR) is 80.3 cm³/mol. The van der Waals surface area contributed by atoms with Crippen molar-refractivity contribution in [2.24, 2.45) is 5.41 Å². The molecule has 120 valence electrons. The lowest BCUT2D eigenvalue weighted by molar-refractivity contribution is -0.167. The third-order valence-corrected chi connectivity index (χ3v) is 3.70. The van der Waals surface area contributed by atoms with Gasteiger partial charge >= 0.3 is 12.1 Å². The van der Waals surface area contributed by atoms with Gasteiger partial charge in [-0.25, -0.2) is 4.79 Å². The molecule has 1 fully saturated rings. The van der Waals surface area contributed by atoms with Crippen molar-refractivity contribution in [3.8, 4) is 0 Å². The van der Waals surface area contributed by atoms with Gasteiger partial charge in [0.1, 0.15) is 25.2 Å². The van der Waals surface area contributed by atoms with E-state index in [1.54, 1.807) is 6.92 Å². The number of hydrogen-bond donors (Lipinski definition) is 0. The Bertz CT molecular complexity index is 543. The van der Waals surface area contributed by atoms with Crippen LogP contribution in [0.4, 0.5) is 4.79 Å². The Morgan fingerprint density at radius 1 is 1.18 bits per heavy atom. The third-order valence-electron chi connectivity index (χ3n) is 3.70. The van der Waals surface area contributed by atoms with Gasteiger partial charge in [-0.3, -0.25) is 4.79 Å². The second-order valence-electron chi connectivity index (χ2n) is 6.91. The maximum absolute atomic E-state index is 12.1. The number of esters is 1. The van der Waals surface area contributed by atoms with E-state index in [4.69, 9.17) is 14.2 Å². The molecule has 0 spiro atoms. The molecule has 0 radical (unpaired) electrons. The fraction of sp³-hybridized carbons (Fsp3) is 0.529. The quantitative estimate of drug-likeness (QED) is 0.802. The number of benzene rings is 1. The molecule has 0 aromatic heterocycles. The first kappa shape index (κ1) is 16.3. The van der Waals surface area contributed by atoms with Crippen LogP contribution in [0.5, 0.6) is 0 Å². The van der Waals surface area contributed by atoms with Gasteiger partial charge in [0.2, 0.25) is 0 Å². The van der Waals surface area contributed by atoms with Crippen molar-refractivity contribution in [3.05, 3.63) is 35.4 Å². The molecule has 0 atom stereocenters. The highest BCUT2D eigenvalue weighted by molar-refractivity contribution is 5.78. The van der Waals surface area contributed by atoms with E-state index >= 15 is 0 Å². The van der Waals surface area contributed by atoms with E-state index in [0.29, 0.717) is 0 Å². The van der Waals surface area contributed by atoms with Crippen LogP contribution in [-0.4, -0.2) is 25.3 Å². The summed E-state index contributed by atoms with van der Waals surface area (Å²) in [6.07, 6.45) is -0.747. The standard InChI is InChI=1S/C17H22O5/c1-16(2,3)13-7-5-12(6-8-13)9-20-14(18)17(4)10-21-15(19)22-11-17/h5-8H,9-11H2,1-4H3. The molecule has 0 N–H and O–H groups in total. The SMILES string of the molecule is CC1(C(=O)OCc2ccc(C(C)(C)C)cc2)COC(=O)OC1. The lowest BCUT2D eigenvalue weighted by Crippen LogP contribution is -2.44. The van der Waals surface area contributed by atoms with E-state index in [1.165, 1.54) is 5.56 Å². The van der Waals surface area contributed by atoms with E-state index in [2.05, 4.69) is 20.8 Å². The zero-order valence-corrected chi connectivity index (χ0v) is 13.5. The summed E-state index contributed by atoms with van der Waals surface area (Å²) in [5.74, 6) is -0.431. The molecule has 5 heteroatoms. The van der Waals surface area contributed by atoms with Crippen LogP contribution in [-0.2, 0) is 31.0 Å². The lowest BCUT2D eigenvalue weighted by atomic mass is 9.87. The minimum atomic E-state index is -0.945. The van der Waals surface area contributed by atoms with Crippen molar-refractivity contribution in [2.45, 2.75) is 39.7 Å². The monoisotopic (exact) mass is 306 g/mol. The molecule has 0 saturated carbocycles. The molecule has 1 aromatic carbocycles. The molecule has 1 aliphatic rings. The first-order valence-corrected chi connectivity index (χ1v) is 7.27. The number of ether oxygens (including phenoxy) is 3. The lowest BCUT2D eigenvalue weighted by Gasteiger charge is -2.29. The second-order valence-corrected chi connectivity index (χ2v) is 6.91. The molecule has 5 nitrogen and oxygen atoms in total. The Morgan fingerprint density at radius 2 is 1.73 bits per heavy atom. The van der Waals surface area contributed by atoms with Gasteiger partial charge < -0.3 is 14.2 Å². The first-order valence-electron chi connectivity index (χ1n) is 7.27. The average molecular weight is 306 g/mol. The van der Waals surface area contributed by atoms with Crippen molar-refractivity contribution in [1.29, 1.82) is 0 Å². The molecular weight excluding hydrogens is 284 g/mol. The van der Waals surface area contributed by atoms with Crippen molar-refractivity contribution < 1.29 is 23.8 Å². The van der Waals surface area contributed by atoms with E-state index in [-0.39, 0.29) is 25.2 Å². The van der Waals surface area contributed by atoms with Crippen LogP contribution in [0, 0.1) is 5.41 Å². The van der Waals surface area contributed by atoms with Crippen molar-refractivity contribution in [2.75, 3.05) is 13.2 Å². The van der Waals surface area contributed by atoms with Crippen LogP contribution in [0.15, 0.2) is 24.3 Å². The molecule has 0 bridgehead atoms. The Morgan fingerprint density at radius 3 is 2.23 bits per heavy atom. The highest BCUT2D eigenvalue weighted by Gasteiger charge is 2.41. The van der Waals surface area contributed by atoms with Crippen LogP contribution < -0.4 is 0 Å². The summed E-state index contributed by atoms with van der Waals surface area (Å²) in [4.78, 5) is 23.0. The molecule has 1 aromatic rings. The van der Waals surface area contributed by atoms with Gasteiger partial charge in [0.25, 0.3) is 0 Å². The van der Waals surface area contributed by atoms with E-state index in [9.17, 15) is 9.59 Å². The number of carbonyl (C=O) groups excluding carboxylic acids is 2. The maximum atomic E-state index is 12.1. The summed E-state index contributed by atoms with van der Waals surface area (Å²) >= 11 is 0. The summed E-state index contributed by atoms with van der Waals surface area (Å²) in [5.41, 5.74) is 1.28. The number of carbonyl (C=O) groups is 2. The minimum absolute atomic E-state index is 0.0202. The summed E-state index contributed by atoms with van der Waals surface area (Å²) in [7, 11) is 0. The molecule has 1 saturated heterocycles. The largest absolute Gasteiger partial charge is 0.508 e. The fourth-order valence-electron chi connectivity index (χ4n) is 2.06. The van der Waals surface area contributed by atoms with E-state index in [0.717, 1.165) is 5.56 Å². The molecule has 0 amide bonds. The number of hydrogen-bond acceptors (Lipinski definition) is 5. The van der Waals surface area contributed by atoms with Gasteiger partial charge in [-0.1, -0.05) is 45.0 Å². The predicted octanol–water partition coefficient (Wildman–Crippen LogP) is 3.20. The molecule has 1 aliphatic heterocycles. The summed E-state index contributed by atoms with van der Waals surface area (Å²) in [5, 5.41) is 0. The summed E-state index contributed by atoms with van der Waals surface area (Å²) in [6, 6.07) is 7.98. The van der Waals surface area contributed by atoms with Gasteiger partial charge in [-0.15, -0.1) is 0 Å². The molecule has 22 heavy (non-hydrogen) atoms. The minimum Gasteiger partial charge on any atom is -0.460 e. The smallest absolute Gasteiger partial charge is 0.460 e. The number of cyclic esters (lactones) is 2. The van der Waals surface area contributed by atoms with Gasteiger partial charge in [0, 0.05) is 0 Å². The summed E-state index contributed by atoms with van der Waals surface area (Å²) in [6.45, 7) is 8.24. The van der Waals surface area contributed by atoms with Crippen molar-refractivity contribution in [3.63, 3.8) is 0 Å². The highest BCUT2D eigenvalue weighted by Crippen LogP contribution is 2.25. The summed E-state index contributed by atoms with van der Waals surface area (Å²) < 4.78 is 14.8. The Kier molecular flexibility index (Phi) is 4.44. The topological polar surface area (TPSA) is 61.8 Å². The zero-order chi connectivity index (χ0) is 16.4. The van der Waals surface area contributed by atoms with E-state index in [1.807, 2.05) is 24.3 Å². The van der Waals surface area contributed by atoms with Gasteiger partial charge in [-0.2, -0.15) is 0 Å². The van der Waals surface area contributed by atoms with Gasteiger partial charge in [0.05, 0.1) is 0 Å². The van der Waals surface area contributed by atoms with Crippen LogP contribution in [0.2, 0.25) is 0 Å². The van der Waals surface area contributed by atoms with Crippen LogP contribution >= 0.6 is 0 Å². The first-order chi connectivity index (χ1) is 10.2. The molecule has 0 aliphatic carbocycles. The van der Waals surface area contributed by atoms with Crippen molar-refractivity contribution >= 4 is 12.1 Å². The third kappa shape index (κ3) is 3.78. The Balaban J connectivity index is 1.92. The second kappa shape index (κ2) is 5.99. The maximum Gasteiger partial charge on any atom is 0.508 e. The van der Waals surface area contributed by atoms with Crippen LogP contribution in [0.1, 0.15) is 38.8 Å². The van der Waals surface area contributed by atoms with E-state index < -0.39 is 17.5 Å². The number of rotatable bonds is 3. The van der Waals surface area contributed by atoms with Gasteiger partial charge in [0.15, 0.2) is 0 Å². The van der Waals surface area contributed by atoms with Gasteiger partial charge in [-0.05, 0) is 23.5 Å². The molecular formula is C17H22O5. The zero-order valence-electron chi connectivity index (χ0n) is 13.5. The molecule has 2 rings (SSSR count). The van der Waals surface area contributed by atoms with Crippen LogP contribution in [0.3, 0.4) is 0 Å². The fourth-order valence-corrected chi connectivity index (χ4v) is 2.06. The molecule has 0 unspecified atom stereocenters.